The summed E-state index contributed by atoms with van der Waals surface area (Å²) < 4.78 is 5.64. The van der Waals surface area contributed by atoms with Crippen LogP contribution in [0.3, 0.4) is 0 Å². The third kappa shape index (κ3) is 3.40. The van der Waals surface area contributed by atoms with E-state index in [2.05, 4.69) is 4.98 Å². The quantitative estimate of drug-likeness (QED) is 0.657. The lowest BCUT2D eigenvalue weighted by Gasteiger charge is -2.22. The van der Waals surface area contributed by atoms with Crippen LogP contribution in [0.2, 0.25) is 0 Å². The van der Waals surface area contributed by atoms with Crippen molar-refractivity contribution in [2.45, 2.75) is 19.1 Å². The molecule has 0 spiro atoms. The summed E-state index contributed by atoms with van der Waals surface area (Å²) in [6, 6.07) is 15.5. The van der Waals surface area contributed by atoms with Crippen molar-refractivity contribution in [2.75, 3.05) is 17.2 Å². The van der Waals surface area contributed by atoms with Crippen LogP contribution in [0.15, 0.2) is 58.2 Å². The minimum absolute atomic E-state index is 0.0501. The first kappa shape index (κ1) is 15.6. The molecule has 0 fully saturated rings. The second kappa shape index (κ2) is 6.87. The average Bonchev–Trinajstić information content (AvgIpc) is 2.98. The zero-order valence-corrected chi connectivity index (χ0v) is 14.0. The molecule has 0 radical (unpaired) electrons. The SMILES string of the molecule is CCN(C(=O)CSc1nc2ccccc2o1)c1ccccc1C. The van der Waals surface area contributed by atoms with E-state index < -0.39 is 0 Å². The lowest BCUT2D eigenvalue weighted by atomic mass is 10.2. The summed E-state index contributed by atoms with van der Waals surface area (Å²) in [5.41, 5.74) is 3.61. The highest BCUT2D eigenvalue weighted by molar-refractivity contribution is 7.99. The highest BCUT2D eigenvalue weighted by Gasteiger charge is 2.17. The van der Waals surface area contributed by atoms with Crippen LogP contribution < -0.4 is 4.90 Å². The number of nitrogens with zero attached hydrogens (tertiary/aromatic N) is 2. The van der Waals surface area contributed by atoms with Crippen LogP contribution in [-0.2, 0) is 4.79 Å². The standard InChI is InChI=1S/C18H18N2O2S/c1-3-20(15-10-6-4-8-13(15)2)17(21)12-23-18-19-14-9-5-7-11-16(14)22-18/h4-11H,3,12H2,1-2H3. The van der Waals surface area contributed by atoms with Gasteiger partial charge in [-0.25, -0.2) is 4.98 Å². The van der Waals surface area contributed by atoms with Crippen molar-refractivity contribution in [1.82, 2.24) is 4.98 Å². The highest BCUT2D eigenvalue weighted by atomic mass is 32.2. The van der Waals surface area contributed by atoms with Gasteiger partial charge in [0.25, 0.3) is 5.22 Å². The molecule has 2 aromatic carbocycles. The van der Waals surface area contributed by atoms with Gasteiger partial charge in [0.15, 0.2) is 5.58 Å². The van der Waals surface area contributed by atoms with Crippen molar-refractivity contribution in [3.8, 4) is 0 Å². The summed E-state index contributed by atoms with van der Waals surface area (Å²) in [5.74, 6) is 0.351. The fraction of sp³-hybridized carbons (Fsp3) is 0.222. The average molecular weight is 326 g/mol. The Morgan fingerprint density at radius 2 is 1.91 bits per heavy atom. The van der Waals surface area contributed by atoms with Gasteiger partial charge in [-0.15, -0.1) is 0 Å². The first-order valence-electron chi connectivity index (χ1n) is 7.53. The molecule has 0 saturated carbocycles. The van der Waals surface area contributed by atoms with Crippen molar-refractivity contribution < 1.29 is 9.21 Å². The molecule has 3 aromatic rings. The van der Waals surface area contributed by atoms with E-state index in [9.17, 15) is 4.79 Å². The molecule has 3 rings (SSSR count). The molecule has 118 valence electrons. The van der Waals surface area contributed by atoms with Gasteiger partial charge in [0.1, 0.15) is 5.52 Å². The smallest absolute Gasteiger partial charge is 0.257 e. The van der Waals surface area contributed by atoms with Crippen LogP contribution in [0.5, 0.6) is 0 Å². The van der Waals surface area contributed by atoms with Gasteiger partial charge in [-0.2, -0.15) is 0 Å². The number of carbonyl (C=O) groups is 1. The van der Waals surface area contributed by atoms with E-state index in [1.54, 1.807) is 4.90 Å². The van der Waals surface area contributed by atoms with E-state index >= 15 is 0 Å². The van der Waals surface area contributed by atoms with Gasteiger partial charge >= 0.3 is 0 Å². The Balaban J connectivity index is 1.71. The third-order valence-electron chi connectivity index (χ3n) is 3.62. The van der Waals surface area contributed by atoms with E-state index in [1.165, 1.54) is 11.8 Å². The van der Waals surface area contributed by atoms with Gasteiger partial charge in [-0.1, -0.05) is 42.1 Å². The number of benzene rings is 2. The number of anilines is 1. The Bertz CT molecular complexity index is 796. The number of rotatable bonds is 5. The second-order valence-corrected chi connectivity index (χ2v) is 6.09. The van der Waals surface area contributed by atoms with Crippen LogP contribution in [0, 0.1) is 6.92 Å². The van der Waals surface area contributed by atoms with E-state index in [0.717, 1.165) is 22.4 Å². The molecule has 0 aliphatic rings. The summed E-state index contributed by atoms with van der Waals surface area (Å²) in [6.07, 6.45) is 0. The molecule has 0 bridgehead atoms. The maximum absolute atomic E-state index is 12.6. The summed E-state index contributed by atoms with van der Waals surface area (Å²) in [4.78, 5) is 18.7. The number of thioether (sulfide) groups is 1. The Kier molecular flexibility index (Phi) is 4.67. The number of oxazole rings is 1. The number of carbonyl (C=O) groups excluding carboxylic acids is 1. The fourth-order valence-electron chi connectivity index (χ4n) is 2.46. The highest BCUT2D eigenvalue weighted by Crippen LogP contribution is 2.25. The van der Waals surface area contributed by atoms with Crippen molar-refractivity contribution >= 4 is 34.5 Å². The predicted molar refractivity (Wildman–Crippen MR) is 93.9 cm³/mol. The zero-order valence-electron chi connectivity index (χ0n) is 13.2. The molecule has 1 aromatic heterocycles. The minimum Gasteiger partial charge on any atom is -0.431 e. The molecule has 0 aliphatic carbocycles. The summed E-state index contributed by atoms with van der Waals surface area (Å²) >= 11 is 1.33. The Morgan fingerprint density at radius 1 is 1.17 bits per heavy atom. The number of amides is 1. The van der Waals surface area contributed by atoms with Gasteiger partial charge in [-0.05, 0) is 37.6 Å². The molecule has 23 heavy (non-hydrogen) atoms. The molecular formula is C18H18N2O2S. The molecule has 1 heterocycles. The van der Waals surface area contributed by atoms with Crippen molar-refractivity contribution in [3.05, 3.63) is 54.1 Å². The van der Waals surface area contributed by atoms with Gasteiger partial charge in [-0.3, -0.25) is 4.79 Å². The maximum atomic E-state index is 12.6. The number of hydrogen-bond acceptors (Lipinski definition) is 4. The Morgan fingerprint density at radius 3 is 2.65 bits per heavy atom. The van der Waals surface area contributed by atoms with Crippen LogP contribution in [0.25, 0.3) is 11.1 Å². The number of aromatic nitrogens is 1. The first-order valence-corrected chi connectivity index (χ1v) is 8.52. The van der Waals surface area contributed by atoms with E-state index in [4.69, 9.17) is 4.42 Å². The van der Waals surface area contributed by atoms with Crippen molar-refractivity contribution in [2.24, 2.45) is 0 Å². The van der Waals surface area contributed by atoms with Gasteiger partial charge in [0.2, 0.25) is 5.91 Å². The van der Waals surface area contributed by atoms with Crippen LogP contribution in [0.4, 0.5) is 5.69 Å². The minimum atomic E-state index is 0.0501. The first-order chi connectivity index (χ1) is 11.2. The lowest BCUT2D eigenvalue weighted by molar-refractivity contribution is -0.116. The monoisotopic (exact) mass is 326 g/mol. The second-order valence-electron chi connectivity index (χ2n) is 5.16. The lowest BCUT2D eigenvalue weighted by Crippen LogP contribution is -2.32. The van der Waals surface area contributed by atoms with Gasteiger partial charge in [0, 0.05) is 12.2 Å². The van der Waals surface area contributed by atoms with Gasteiger partial charge in [0.05, 0.1) is 5.75 Å². The largest absolute Gasteiger partial charge is 0.431 e. The molecule has 0 saturated heterocycles. The molecule has 0 atom stereocenters. The zero-order chi connectivity index (χ0) is 16.2. The molecule has 5 heteroatoms. The molecule has 0 aliphatic heterocycles. The molecule has 1 amide bonds. The predicted octanol–water partition coefficient (Wildman–Crippen LogP) is 4.28. The van der Waals surface area contributed by atoms with Crippen LogP contribution >= 0.6 is 11.8 Å². The summed E-state index contributed by atoms with van der Waals surface area (Å²) in [7, 11) is 0. The molecule has 0 N–H and O–H groups in total. The van der Waals surface area contributed by atoms with Crippen molar-refractivity contribution in [3.63, 3.8) is 0 Å². The van der Waals surface area contributed by atoms with Crippen LogP contribution in [0.1, 0.15) is 12.5 Å². The van der Waals surface area contributed by atoms with E-state index in [1.807, 2.05) is 62.4 Å². The van der Waals surface area contributed by atoms with Crippen LogP contribution in [-0.4, -0.2) is 23.2 Å². The normalized spacial score (nSPS) is 10.9. The summed E-state index contributed by atoms with van der Waals surface area (Å²) in [5, 5.41) is 0.528. The number of aryl methyl sites for hydroxylation is 1. The van der Waals surface area contributed by atoms with Crippen molar-refractivity contribution in [1.29, 1.82) is 0 Å². The Hall–Kier alpha value is -2.27. The Labute approximate surface area is 139 Å². The molecule has 0 unspecified atom stereocenters. The van der Waals surface area contributed by atoms with E-state index in [0.29, 0.717) is 17.5 Å². The maximum Gasteiger partial charge on any atom is 0.257 e. The van der Waals surface area contributed by atoms with E-state index in [-0.39, 0.29) is 5.91 Å². The third-order valence-corrected chi connectivity index (χ3v) is 4.43. The number of para-hydroxylation sites is 3. The topological polar surface area (TPSA) is 46.3 Å². The number of hydrogen-bond donors (Lipinski definition) is 0. The molecule has 4 nitrogen and oxygen atoms in total. The summed E-state index contributed by atoms with van der Waals surface area (Å²) in [6.45, 7) is 4.63. The number of fused-ring (bicyclic) bond motifs is 1. The molecular weight excluding hydrogens is 308 g/mol. The van der Waals surface area contributed by atoms with Gasteiger partial charge < -0.3 is 9.32 Å². The fourth-order valence-corrected chi connectivity index (χ4v) is 3.18.